The van der Waals surface area contributed by atoms with Gasteiger partial charge in [-0.2, -0.15) is 0 Å². The maximum Gasteiger partial charge on any atom is 0.122 e. The molecule has 3 nitrogen and oxygen atoms in total. The van der Waals surface area contributed by atoms with Crippen molar-refractivity contribution in [2.45, 2.75) is 6.04 Å². The van der Waals surface area contributed by atoms with Crippen molar-refractivity contribution in [1.82, 2.24) is 10.2 Å². The zero-order valence-electron chi connectivity index (χ0n) is 10.00. The highest BCUT2D eigenvalue weighted by atomic mass is 79.9. The molecule has 0 spiro atoms. The van der Waals surface area contributed by atoms with E-state index in [1.54, 1.807) is 6.07 Å². The van der Waals surface area contributed by atoms with E-state index >= 15 is 0 Å². The van der Waals surface area contributed by atoms with E-state index in [2.05, 4.69) is 48.7 Å². The quantitative estimate of drug-likeness (QED) is 0.797. The molecule has 0 radical (unpaired) electrons. The Labute approximate surface area is 124 Å². The lowest BCUT2D eigenvalue weighted by Crippen LogP contribution is -2.44. The van der Waals surface area contributed by atoms with Gasteiger partial charge in [-0.25, -0.2) is 0 Å². The number of halogens is 2. The zero-order valence-corrected chi connectivity index (χ0v) is 13.2. The summed E-state index contributed by atoms with van der Waals surface area (Å²) in [4.78, 5) is 2.32. The predicted octanol–water partition coefficient (Wildman–Crippen LogP) is 3.05. The average Bonchev–Trinajstić information content (AvgIpc) is 2.34. The number of benzene rings is 1. The highest BCUT2D eigenvalue weighted by Crippen LogP contribution is 2.38. The van der Waals surface area contributed by atoms with E-state index in [1.165, 1.54) is 0 Å². The van der Waals surface area contributed by atoms with E-state index in [0.717, 1.165) is 40.7 Å². The summed E-state index contributed by atoms with van der Waals surface area (Å²) in [6, 6.07) is 3.71. The molecule has 1 aromatic carbocycles. The number of nitrogens with zero attached hydrogens (tertiary/aromatic N) is 1. The number of piperazine rings is 1. The van der Waals surface area contributed by atoms with Crippen molar-refractivity contribution >= 4 is 31.9 Å². The molecule has 2 rings (SSSR count). The van der Waals surface area contributed by atoms with Crippen molar-refractivity contribution in [3.63, 3.8) is 0 Å². The number of aromatic hydroxyl groups is 1. The molecule has 0 bridgehead atoms. The lowest BCUT2D eigenvalue weighted by molar-refractivity contribution is 0.200. The summed E-state index contributed by atoms with van der Waals surface area (Å²) < 4.78 is 1.76. The summed E-state index contributed by atoms with van der Waals surface area (Å²) in [7, 11) is 0. The molecule has 0 unspecified atom stereocenters. The highest BCUT2D eigenvalue weighted by molar-refractivity contribution is 9.11. The maximum atomic E-state index is 10.2. The van der Waals surface area contributed by atoms with Crippen molar-refractivity contribution in [1.29, 1.82) is 0 Å². The fourth-order valence-corrected chi connectivity index (χ4v) is 3.71. The van der Waals surface area contributed by atoms with E-state index in [0.29, 0.717) is 5.75 Å². The minimum Gasteiger partial charge on any atom is -0.508 e. The Bertz CT molecular complexity index is 422. The van der Waals surface area contributed by atoms with Gasteiger partial charge in [-0.1, -0.05) is 37.9 Å². The molecule has 0 aliphatic carbocycles. The van der Waals surface area contributed by atoms with Gasteiger partial charge in [-0.05, 0) is 12.1 Å². The maximum absolute atomic E-state index is 10.2. The Hall–Kier alpha value is -0.360. The molecular weight excluding hydrogens is 360 g/mol. The summed E-state index contributed by atoms with van der Waals surface area (Å²) in [6.45, 7) is 7.77. The van der Waals surface area contributed by atoms with Crippen molar-refractivity contribution in [3.05, 3.63) is 39.3 Å². The van der Waals surface area contributed by atoms with Gasteiger partial charge < -0.3 is 10.4 Å². The topological polar surface area (TPSA) is 35.5 Å². The van der Waals surface area contributed by atoms with Gasteiger partial charge >= 0.3 is 0 Å². The monoisotopic (exact) mass is 374 g/mol. The standard InChI is InChI=1S/C13H16Br2N2O/c1-2-11(17-5-3-16-4-6-17)13-10(15)7-9(14)8-12(13)18/h2,7-8,11,16,18H,1,3-6H2/t11-/m1/s1. The van der Waals surface area contributed by atoms with Gasteiger partial charge in [0.05, 0.1) is 6.04 Å². The Morgan fingerprint density at radius 2 is 2.00 bits per heavy atom. The zero-order chi connectivity index (χ0) is 13.1. The van der Waals surface area contributed by atoms with E-state index < -0.39 is 0 Å². The van der Waals surface area contributed by atoms with Gasteiger partial charge in [0.2, 0.25) is 0 Å². The van der Waals surface area contributed by atoms with E-state index in [1.807, 2.05) is 12.1 Å². The number of phenolic OH excluding ortho intramolecular Hbond substituents is 1. The minimum absolute atomic E-state index is 0.0366. The van der Waals surface area contributed by atoms with Crippen molar-refractivity contribution in [2.75, 3.05) is 26.2 Å². The molecule has 5 heteroatoms. The Kier molecular flexibility index (Phi) is 4.84. The van der Waals surface area contributed by atoms with Gasteiger partial charge in [0.1, 0.15) is 5.75 Å². The minimum atomic E-state index is 0.0366. The number of hydrogen-bond acceptors (Lipinski definition) is 3. The molecule has 0 saturated carbocycles. The van der Waals surface area contributed by atoms with Gasteiger partial charge in [0.25, 0.3) is 0 Å². The van der Waals surface area contributed by atoms with Crippen LogP contribution in [0.1, 0.15) is 11.6 Å². The van der Waals surface area contributed by atoms with Crippen LogP contribution in [0.25, 0.3) is 0 Å². The molecule has 1 aliphatic rings. The Morgan fingerprint density at radius 3 is 2.56 bits per heavy atom. The van der Waals surface area contributed by atoms with Crippen LogP contribution >= 0.6 is 31.9 Å². The summed E-state index contributed by atoms with van der Waals surface area (Å²) >= 11 is 6.90. The summed E-state index contributed by atoms with van der Waals surface area (Å²) in [5, 5.41) is 13.5. The second-order valence-corrected chi connectivity index (χ2v) is 6.06. The molecule has 1 aliphatic heterocycles. The molecule has 1 aromatic rings. The SMILES string of the molecule is C=C[C@H](c1c(O)cc(Br)cc1Br)N1CCNCC1. The van der Waals surface area contributed by atoms with E-state index in [-0.39, 0.29) is 6.04 Å². The van der Waals surface area contributed by atoms with Crippen molar-refractivity contribution in [2.24, 2.45) is 0 Å². The average molecular weight is 376 g/mol. The molecule has 1 heterocycles. The molecule has 0 aromatic heterocycles. The van der Waals surface area contributed by atoms with Crippen molar-refractivity contribution < 1.29 is 5.11 Å². The van der Waals surface area contributed by atoms with Crippen LogP contribution in [0.2, 0.25) is 0 Å². The fraction of sp³-hybridized carbons (Fsp3) is 0.385. The summed E-state index contributed by atoms with van der Waals surface area (Å²) in [5.74, 6) is 0.291. The third-order valence-corrected chi connectivity index (χ3v) is 4.25. The van der Waals surface area contributed by atoms with Gasteiger partial charge in [0.15, 0.2) is 0 Å². The van der Waals surface area contributed by atoms with Crippen LogP contribution in [-0.2, 0) is 0 Å². The van der Waals surface area contributed by atoms with Gasteiger partial charge in [-0.3, -0.25) is 4.90 Å². The Balaban J connectivity index is 2.35. The Morgan fingerprint density at radius 1 is 1.33 bits per heavy atom. The number of hydrogen-bond donors (Lipinski definition) is 2. The van der Waals surface area contributed by atoms with Crippen LogP contribution in [0.5, 0.6) is 5.75 Å². The first-order valence-corrected chi connectivity index (χ1v) is 7.47. The summed E-state index contributed by atoms with van der Waals surface area (Å²) in [5.41, 5.74) is 0.884. The van der Waals surface area contributed by atoms with E-state index in [9.17, 15) is 5.11 Å². The van der Waals surface area contributed by atoms with Crippen LogP contribution in [0, 0.1) is 0 Å². The van der Waals surface area contributed by atoms with Crippen LogP contribution < -0.4 is 5.32 Å². The van der Waals surface area contributed by atoms with Gasteiger partial charge in [0, 0.05) is 40.7 Å². The third-order valence-electron chi connectivity index (χ3n) is 3.14. The molecule has 2 N–H and O–H groups in total. The first kappa shape index (κ1) is 14.1. The highest BCUT2D eigenvalue weighted by Gasteiger charge is 2.24. The van der Waals surface area contributed by atoms with Crippen LogP contribution in [0.3, 0.4) is 0 Å². The molecule has 18 heavy (non-hydrogen) atoms. The second kappa shape index (κ2) is 6.19. The lowest BCUT2D eigenvalue weighted by atomic mass is 10.0. The fourth-order valence-electron chi connectivity index (χ4n) is 2.27. The molecule has 0 amide bonds. The number of rotatable bonds is 3. The van der Waals surface area contributed by atoms with Gasteiger partial charge in [-0.15, -0.1) is 6.58 Å². The van der Waals surface area contributed by atoms with Crippen LogP contribution in [0.15, 0.2) is 33.7 Å². The normalized spacial score (nSPS) is 18.6. The summed E-state index contributed by atoms with van der Waals surface area (Å²) in [6.07, 6.45) is 1.89. The van der Waals surface area contributed by atoms with Crippen LogP contribution in [0.4, 0.5) is 0 Å². The molecule has 1 atom stereocenters. The van der Waals surface area contributed by atoms with E-state index in [4.69, 9.17) is 0 Å². The first-order valence-electron chi connectivity index (χ1n) is 5.88. The largest absolute Gasteiger partial charge is 0.508 e. The predicted molar refractivity (Wildman–Crippen MR) is 80.9 cm³/mol. The lowest BCUT2D eigenvalue weighted by Gasteiger charge is -2.34. The molecule has 1 fully saturated rings. The second-order valence-electron chi connectivity index (χ2n) is 4.29. The smallest absolute Gasteiger partial charge is 0.122 e. The molecular formula is C13H16Br2N2O. The molecule has 98 valence electrons. The molecule has 1 saturated heterocycles. The van der Waals surface area contributed by atoms with Crippen LogP contribution in [-0.4, -0.2) is 36.2 Å². The number of phenols is 1. The first-order chi connectivity index (χ1) is 8.63. The third kappa shape index (κ3) is 2.96. The number of nitrogens with one attached hydrogen (secondary N) is 1. The van der Waals surface area contributed by atoms with Crippen molar-refractivity contribution in [3.8, 4) is 5.75 Å².